The van der Waals surface area contributed by atoms with E-state index >= 15 is 0 Å². The molecule has 0 amide bonds. The third kappa shape index (κ3) is 6.50. The lowest BCUT2D eigenvalue weighted by atomic mass is 10.1. The van der Waals surface area contributed by atoms with E-state index in [9.17, 15) is 4.39 Å². The van der Waals surface area contributed by atoms with Crippen molar-refractivity contribution < 1.29 is 4.39 Å². The molecule has 0 fully saturated rings. The first-order valence-electron chi connectivity index (χ1n) is 6.61. The van der Waals surface area contributed by atoms with Crippen molar-refractivity contribution in [3.05, 3.63) is 47.8 Å². The minimum Gasteiger partial charge on any atom is -0.308 e. The highest BCUT2D eigenvalue weighted by molar-refractivity contribution is 5.17. The summed E-state index contributed by atoms with van der Waals surface area (Å²) in [5.74, 6) is -0.146. The fraction of sp³-hybridized carbons (Fsp3) is 0.500. The van der Waals surface area contributed by atoms with E-state index in [4.69, 9.17) is 0 Å². The number of benzene rings is 1. The van der Waals surface area contributed by atoms with Crippen molar-refractivity contribution in [2.75, 3.05) is 20.1 Å². The van der Waals surface area contributed by atoms with E-state index in [-0.39, 0.29) is 11.4 Å². The molecule has 0 aliphatic heterocycles. The van der Waals surface area contributed by atoms with Crippen molar-refractivity contribution >= 4 is 0 Å². The summed E-state index contributed by atoms with van der Waals surface area (Å²) in [6, 6.07) is 6.90. The lowest BCUT2D eigenvalue weighted by molar-refractivity contribution is 0.340. The van der Waals surface area contributed by atoms with E-state index in [0.717, 1.165) is 24.2 Å². The minimum absolute atomic E-state index is 0.0903. The second-order valence-electron chi connectivity index (χ2n) is 6.12. The Labute approximate surface area is 116 Å². The number of hydrogen-bond donors (Lipinski definition) is 1. The van der Waals surface area contributed by atoms with Gasteiger partial charge in [0, 0.05) is 30.7 Å². The molecule has 0 atom stereocenters. The third-order valence-electron chi connectivity index (χ3n) is 2.76. The van der Waals surface area contributed by atoms with Crippen molar-refractivity contribution in [3.8, 4) is 0 Å². The maximum Gasteiger partial charge on any atom is 0.127 e. The summed E-state index contributed by atoms with van der Waals surface area (Å²) in [6.07, 6.45) is 0. The van der Waals surface area contributed by atoms with Crippen LogP contribution in [-0.2, 0) is 6.54 Å². The average molecular weight is 264 g/mol. The van der Waals surface area contributed by atoms with Crippen LogP contribution in [0.5, 0.6) is 0 Å². The number of nitrogens with zero attached hydrogens (tertiary/aromatic N) is 1. The van der Waals surface area contributed by atoms with Gasteiger partial charge in [-0.15, -0.1) is 0 Å². The smallest absolute Gasteiger partial charge is 0.127 e. The van der Waals surface area contributed by atoms with Gasteiger partial charge < -0.3 is 5.32 Å². The number of nitrogens with one attached hydrogen (secondary N) is 1. The molecule has 3 heteroatoms. The van der Waals surface area contributed by atoms with Gasteiger partial charge >= 0.3 is 0 Å². The predicted octanol–water partition coefficient (Wildman–Crippen LogP) is 3.20. The summed E-state index contributed by atoms with van der Waals surface area (Å²) in [6.45, 7) is 12.6. The van der Waals surface area contributed by atoms with E-state index < -0.39 is 0 Å². The van der Waals surface area contributed by atoms with E-state index in [1.807, 2.05) is 19.2 Å². The Morgan fingerprint density at radius 1 is 1.32 bits per heavy atom. The highest BCUT2D eigenvalue weighted by Gasteiger charge is 2.10. The van der Waals surface area contributed by atoms with Crippen LogP contribution in [0.1, 0.15) is 26.3 Å². The molecule has 0 radical (unpaired) electrons. The van der Waals surface area contributed by atoms with Gasteiger partial charge in [-0.3, -0.25) is 4.90 Å². The first-order valence-corrected chi connectivity index (χ1v) is 6.61. The van der Waals surface area contributed by atoms with Gasteiger partial charge in [0.1, 0.15) is 5.82 Å². The van der Waals surface area contributed by atoms with Crippen LogP contribution in [0.3, 0.4) is 0 Å². The number of hydrogen-bond acceptors (Lipinski definition) is 2. The fourth-order valence-corrected chi connectivity index (χ4v) is 1.80. The standard InChI is InChI=1S/C16H25FN2/c1-13(10-18-16(2,3)4)11-19(5)12-14-8-6-7-9-15(14)17/h6-9,18H,1,10-12H2,2-5H3. The normalized spacial score (nSPS) is 11.9. The summed E-state index contributed by atoms with van der Waals surface area (Å²) in [4.78, 5) is 2.07. The van der Waals surface area contributed by atoms with Crippen molar-refractivity contribution in [1.29, 1.82) is 0 Å². The van der Waals surface area contributed by atoms with Crippen molar-refractivity contribution in [2.45, 2.75) is 32.9 Å². The third-order valence-corrected chi connectivity index (χ3v) is 2.76. The average Bonchev–Trinajstić information content (AvgIpc) is 2.29. The van der Waals surface area contributed by atoms with Gasteiger partial charge in [0.05, 0.1) is 0 Å². The molecule has 0 unspecified atom stereocenters. The Morgan fingerprint density at radius 3 is 2.53 bits per heavy atom. The van der Waals surface area contributed by atoms with Crippen LogP contribution >= 0.6 is 0 Å². The van der Waals surface area contributed by atoms with Crippen molar-refractivity contribution in [1.82, 2.24) is 10.2 Å². The highest BCUT2D eigenvalue weighted by Crippen LogP contribution is 2.09. The number of rotatable bonds is 6. The van der Waals surface area contributed by atoms with Gasteiger partial charge in [0.25, 0.3) is 0 Å². The fourth-order valence-electron chi connectivity index (χ4n) is 1.80. The van der Waals surface area contributed by atoms with Crippen LogP contribution in [0.4, 0.5) is 4.39 Å². The van der Waals surface area contributed by atoms with Crippen molar-refractivity contribution in [2.24, 2.45) is 0 Å². The molecule has 0 aromatic heterocycles. The molecule has 1 aromatic rings. The molecule has 0 spiro atoms. The zero-order valence-electron chi connectivity index (χ0n) is 12.5. The molecule has 106 valence electrons. The van der Waals surface area contributed by atoms with Crippen LogP contribution < -0.4 is 5.32 Å². The van der Waals surface area contributed by atoms with Crippen molar-refractivity contribution in [3.63, 3.8) is 0 Å². The monoisotopic (exact) mass is 264 g/mol. The zero-order valence-corrected chi connectivity index (χ0v) is 12.5. The summed E-state index contributed by atoms with van der Waals surface area (Å²) >= 11 is 0. The Kier molecular flexibility index (Phi) is 5.70. The van der Waals surface area contributed by atoms with Crippen LogP contribution in [0.25, 0.3) is 0 Å². The van der Waals surface area contributed by atoms with Gasteiger partial charge in [0.2, 0.25) is 0 Å². The second kappa shape index (κ2) is 6.83. The maximum absolute atomic E-state index is 13.5. The Hall–Kier alpha value is -1.19. The molecule has 0 saturated carbocycles. The SMILES string of the molecule is C=C(CNC(C)(C)C)CN(C)Cc1ccccc1F. The van der Waals surface area contributed by atoms with E-state index in [1.54, 1.807) is 6.07 Å². The Morgan fingerprint density at radius 2 is 1.95 bits per heavy atom. The maximum atomic E-state index is 13.5. The van der Waals surface area contributed by atoms with Gasteiger partial charge in [-0.25, -0.2) is 4.39 Å². The summed E-state index contributed by atoms with van der Waals surface area (Å²) in [7, 11) is 1.98. The Balaban J connectivity index is 2.41. The molecule has 19 heavy (non-hydrogen) atoms. The van der Waals surface area contributed by atoms with Gasteiger partial charge in [-0.2, -0.15) is 0 Å². The molecule has 0 aliphatic carbocycles. The molecular weight excluding hydrogens is 239 g/mol. The largest absolute Gasteiger partial charge is 0.308 e. The second-order valence-corrected chi connectivity index (χ2v) is 6.12. The first kappa shape index (κ1) is 15.9. The summed E-state index contributed by atoms with van der Waals surface area (Å²) in [5, 5.41) is 3.40. The molecule has 2 nitrogen and oxygen atoms in total. The Bertz CT molecular complexity index is 421. The van der Waals surface area contributed by atoms with Gasteiger partial charge in [-0.1, -0.05) is 24.8 Å². The van der Waals surface area contributed by atoms with Crippen LogP contribution in [-0.4, -0.2) is 30.6 Å². The lowest BCUT2D eigenvalue weighted by Gasteiger charge is -2.24. The topological polar surface area (TPSA) is 15.3 Å². The predicted molar refractivity (Wildman–Crippen MR) is 79.6 cm³/mol. The number of halogens is 1. The van der Waals surface area contributed by atoms with E-state index in [0.29, 0.717) is 6.54 Å². The molecule has 1 N–H and O–H groups in total. The van der Waals surface area contributed by atoms with Gasteiger partial charge in [-0.05, 0) is 39.5 Å². The first-order chi connectivity index (χ1) is 8.78. The number of likely N-dealkylation sites (N-methyl/N-ethyl adjacent to an activating group) is 1. The lowest BCUT2D eigenvalue weighted by Crippen LogP contribution is -2.38. The van der Waals surface area contributed by atoms with Crippen LogP contribution in [0.15, 0.2) is 36.4 Å². The molecule has 1 rings (SSSR count). The van der Waals surface area contributed by atoms with E-state index in [2.05, 4.69) is 37.6 Å². The van der Waals surface area contributed by atoms with Gasteiger partial charge in [0.15, 0.2) is 0 Å². The zero-order chi connectivity index (χ0) is 14.5. The van der Waals surface area contributed by atoms with Crippen LogP contribution in [0.2, 0.25) is 0 Å². The molecule has 0 heterocycles. The minimum atomic E-state index is -0.146. The van der Waals surface area contributed by atoms with E-state index in [1.165, 1.54) is 6.07 Å². The molecule has 0 bridgehead atoms. The quantitative estimate of drug-likeness (QED) is 0.794. The molecule has 0 aliphatic rings. The van der Waals surface area contributed by atoms with Crippen LogP contribution in [0, 0.1) is 5.82 Å². The summed E-state index contributed by atoms with van der Waals surface area (Å²) < 4.78 is 13.5. The summed E-state index contributed by atoms with van der Waals surface area (Å²) in [5.41, 5.74) is 1.92. The highest BCUT2D eigenvalue weighted by atomic mass is 19.1. The molecular formula is C16H25FN2. The molecule has 1 aromatic carbocycles. The molecule has 0 saturated heterocycles.